The molecule has 25 heavy (non-hydrogen) atoms. The van der Waals surface area contributed by atoms with Crippen LogP contribution in [-0.2, 0) is 16.1 Å². The Bertz CT molecular complexity index is 718. The zero-order valence-corrected chi connectivity index (χ0v) is 14.3. The molecule has 0 N–H and O–H groups in total. The van der Waals surface area contributed by atoms with Gasteiger partial charge in [0.15, 0.2) is 6.61 Å². The van der Waals surface area contributed by atoms with Crippen LogP contribution in [0.4, 0.5) is 0 Å². The average Bonchev–Trinajstić information content (AvgIpc) is 3.07. The van der Waals surface area contributed by atoms with E-state index in [4.69, 9.17) is 9.15 Å². The van der Waals surface area contributed by atoms with Gasteiger partial charge in [-0.1, -0.05) is 30.3 Å². The van der Waals surface area contributed by atoms with Crippen molar-refractivity contribution < 1.29 is 18.7 Å². The molecular weight excluding hydrogens is 320 g/mol. The third-order valence-corrected chi connectivity index (χ3v) is 4.35. The van der Waals surface area contributed by atoms with Crippen LogP contribution in [0.15, 0.2) is 47.1 Å². The second kappa shape index (κ2) is 7.98. The van der Waals surface area contributed by atoms with Gasteiger partial charge in [-0.15, -0.1) is 0 Å². The molecule has 2 aromatic rings. The minimum Gasteiger partial charge on any atom is -0.457 e. The molecule has 1 amide bonds. The molecular formula is C19H22N2O4. The van der Waals surface area contributed by atoms with Crippen LogP contribution in [0.1, 0.15) is 21.7 Å². The summed E-state index contributed by atoms with van der Waals surface area (Å²) in [7, 11) is 0. The fourth-order valence-corrected chi connectivity index (χ4v) is 2.86. The molecule has 1 aliphatic heterocycles. The molecule has 0 radical (unpaired) electrons. The first-order chi connectivity index (χ1) is 12.1. The van der Waals surface area contributed by atoms with Crippen molar-refractivity contribution in [3.63, 3.8) is 0 Å². The number of esters is 1. The molecule has 0 saturated carbocycles. The zero-order chi connectivity index (χ0) is 17.6. The van der Waals surface area contributed by atoms with Crippen molar-refractivity contribution in [2.75, 3.05) is 32.8 Å². The van der Waals surface area contributed by atoms with Gasteiger partial charge in [0.25, 0.3) is 5.91 Å². The number of nitrogens with zero attached hydrogens (tertiary/aromatic N) is 2. The standard InChI is InChI=1S/C19H22N2O4/c1-15-7-12-24-18(15)19(23)25-14-17(22)21-10-8-20(9-11-21)13-16-5-3-2-4-6-16/h2-7,12H,8-11,13-14H2,1H3. The fraction of sp³-hybridized carbons (Fsp3) is 0.368. The Balaban J connectivity index is 1.42. The first-order valence-electron chi connectivity index (χ1n) is 8.39. The summed E-state index contributed by atoms with van der Waals surface area (Å²) < 4.78 is 10.1. The minimum atomic E-state index is -0.599. The van der Waals surface area contributed by atoms with E-state index < -0.39 is 5.97 Å². The average molecular weight is 342 g/mol. The largest absolute Gasteiger partial charge is 0.457 e. The maximum atomic E-state index is 12.2. The summed E-state index contributed by atoms with van der Waals surface area (Å²) in [6.45, 7) is 5.30. The normalized spacial score (nSPS) is 15.2. The molecule has 1 aromatic carbocycles. The van der Waals surface area contributed by atoms with Crippen LogP contribution in [0, 0.1) is 6.92 Å². The second-order valence-electron chi connectivity index (χ2n) is 6.15. The SMILES string of the molecule is Cc1ccoc1C(=O)OCC(=O)N1CCN(Cc2ccccc2)CC1. The lowest BCUT2D eigenvalue weighted by Gasteiger charge is -2.34. The molecule has 132 valence electrons. The highest BCUT2D eigenvalue weighted by molar-refractivity contribution is 5.90. The lowest BCUT2D eigenvalue weighted by atomic mass is 10.2. The van der Waals surface area contributed by atoms with Crippen molar-refractivity contribution in [1.82, 2.24) is 9.80 Å². The van der Waals surface area contributed by atoms with Crippen LogP contribution in [0.25, 0.3) is 0 Å². The number of furan rings is 1. The number of benzene rings is 1. The predicted molar refractivity (Wildman–Crippen MR) is 92.0 cm³/mol. The summed E-state index contributed by atoms with van der Waals surface area (Å²) in [6.07, 6.45) is 1.43. The summed E-state index contributed by atoms with van der Waals surface area (Å²) in [6, 6.07) is 12.0. The summed E-state index contributed by atoms with van der Waals surface area (Å²) in [5.41, 5.74) is 1.97. The number of ether oxygens (including phenoxy) is 1. The molecule has 1 aromatic heterocycles. The van der Waals surface area contributed by atoms with Crippen LogP contribution in [0.3, 0.4) is 0 Å². The summed E-state index contributed by atoms with van der Waals surface area (Å²) in [5, 5.41) is 0. The number of hydrogen-bond acceptors (Lipinski definition) is 5. The van der Waals surface area contributed by atoms with Gasteiger partial charge in [-0.3, -0.25) is 9.69 Å². The topological polar surface area (TPSA) is 63.0 Å². The molecule has 6 nitrogen and oxygen atoms in total. The Hall–Kier alpha value is -2.60. The van der Waals surface area contributed by atoms with Crippen molar-refractivity contribution >= 4 is 11.9 Å². The Morgan fingerprint density at radius 2 is 1.80 bits per heavy atom. The van der Waals surface area contributed by atoms with E-state index in [2.05, 4.69) is 17.0 Å². The monoisotopic (exact) mass is 342 g/mol. The number of amides is 1. The molecule has 0 bridgehead atoms. The van der Waals surface area contributed by atoms with E-state index in [0.29, 0.717) is 18.7 Å². The van der Waals surface area contributed by atoms with Gasteiger partial charge in [0, 0.05) is 38.3 Å². The van der Waals surface area contributed by atoms with Crippen LogP contribution >= 0.6 is 0 Å². The molecule has 0 spiro atoms. The molecule has 0 aliphatic carbocycles. The molecule has 3 rings (SSSR count). The molecule has 0 unspecified atom stereocenters. The quantitative estimate of drug-likeness (QED) is 0.779. The van der Waals surface area contributed by atoms with E-state index in [0.717, 1.165) is 19.6 Å². The molecule has 2 heterocycles. The summed E-state index contributed by atoms with van der Waals surface area (Å²) in [4.78, 5) is 28.2. The third-order valence-electron chi connectivity index (χ3n) is 4.35. The van der Waals surface area contributed by atoms with Crippen molar-refractivity contribution in [2.45, 2.75) is 13.5 Å². The highest BCUT2D eigenvalue weighted by Crippen LogP contribution is 2.11. The molecule has 1 aliphatic rings. The fourth-order valence-electron chi connectivity index (χ4n) is 2.86. The molecule has 1 saturated heterocycles. The van der Waals surface area contributed by atoms with Crippen molar-refractivity contribution in [1.29, 1.82) is 0 Å². The number of aryl methyl sites for hydroxylation is 1. The second-order valence-corrected chi connectivity index (χ2v) is 6.15. The Morgan fingerprint density at radius 1 is 1.08 bits per heavy atom. The zero-order valence-electron chi connectivity index (χ0n) is 14.3. The van der Waals surface area contributed by atoms with Gasteiger partial charge >= 0.3 is 5.97 Å². The lowest BCUT2D eigenvalue weighted by molar-refractivity contribution is -0.136. The van der Waals surface area contributed by atoms with Crippen LogP contribution in [0.5, 0.6) is 0 Å². The Morgan fingerprint density at radius 3 is 2.44 bits per heavy atom. The van der Waals surface area contributed by atoms with Crippen LogP contribution in [0.2, 0.25) is 0 Å². The van der Waals surface area contributed by atoms with E-state index in [1.165, 1.54) is 11.8 Å². The minimum absolute atomic E-state index is 0.153. The van der Waals surface area contributed by atoms with Gasteiger partial charge in [0.05, 0.1) is 6.26 Å². The van der Waals surface area contributed by atoms with Gasteiger partial charge in [0.2, 0.25) is 5.76 Å². The van der Waals surface area contributed by atoms with E-state index in [1.54, 1.807) is 17.9 Å². The highest BCUT2D eigenvalue weighted by atomic mass is 16.5. The van der Waals surface area contributed by atoms with Crippen molar-refractivity contribution in [2.24, 2.45) is 0 Å². The van der Waals surface area contributed by atoms with Gasteiger partial charge in [-0.2, -0.15) is 0 Å². The lowest BCUT2D eigenvalue weighted by Crippen LogP contribution is -2.49. The first-order valence-corrected chi connectivity index (χ1v) is 8.39. The number of piperazine rings is 1. The Labute approximate surface area is 147 Å². The predicted octanol–water partition coefficient (Wildman–Crippen LogP) is 2.09. The van der Waals surface area contributed by atoms with Crippen LogP contribution in [-0.4, -0.2) is 54.5 Å². The van der Waals surface area contributed by atoms with Crippen LogP contribution < -0.4 is 0 Å². The maximum Gasteiger partial charge on any atom is 0.375 e. The third kappa shape index (κ3) is 4.48. The van der Waals surface area contributed by atoms with E-state index >= 15 is 0 Å². The van der Waals surface area contributed by atoms with Crippen molar-refractivity contribution in [3.8, 4) is 0 Å². The molecule has 1 fully saturated rings. The number of hydrogen-bond donors (Lipinski definition) is 0. The van der Waals surface area contributed by atoms with Gasteiger partial charge in [-0.05, 0) is 18.6 Å². The van der Waals surface area contributed by atoms with Gasteiger partial charge < -0.3 is 14.1 Å². The van der Waals surface area contributed by atoms with E-state index in [9.17, 15) is 9.59 Å². The molecule has 0 atom stereocenters. The van der Waals surface area contributed by atoms with Gasteiger partial charge in [0.1, 0.15) is 0 Å². The highest BCUT2D eigenvalue weighted by Gasteiger charge is 2.23. The van der Waals surface area contributed by atoms with E-state index in [1.807, 2.05) is 18.2 Å². The van der Waals surface area contributed by atoms with E-state index in [-0.39, 0.29) is 18.3 Å². The van der Waals surface area contributed by atoms with Gasteiger partial charge in [-0.25, -0.2) is 4.79 Å². The van der Waals surface area contributed by atoms with Crippen molar-refractivity contribution in [3.05, 3.63) is 59.5 Å². The summed E-state index contributed by atoms with van der Waals surface area (Å²) >= 11 is 0. The number of carbonyl (C=O) groups excluding carboxylic acids is 2. The smallest absolute Gasteiger partial charge is 0.375 e. The summed E-state index contributed by atoms with van der Waals surface area (Å²) in [5.74, 6) is -0.615. The number of carbonyl (C=O) groups is 2. The number of rotatable bonds is 5. The first kappa shape index (κ1) is 17.2. The molecule has 6 heteroatoms. The maximum absolute atomic E-state index is 12.2. The Kier molecular flexibility index (Phi) is 5.50.